The molecule has 0 saturated carbocycles. The van der Waals surface area contributed by atoms with E-state index in [1.165, 1.54) is 6.26 Å². The zero-order valence-corrected chi connectivity index (χ0v) is 11.3. The summed E-state index contributed by atoms with van der Waals surface area (Å²) in [5.41, 5.74) is 0.300. The molecule has 2 saturated heterocycles. The molecule has 0 radical (unpaired) electrons. The number of likely N-dealkylation sites (tertiary alicyclic amines) is 1. The fraction of sp³-hybridized carbons (Fsp3) is 1.00. The largest absolute Gasteiger partial charge is 0.301 e. The van der Waals surface area contributed by atoms with Crippen LogP contribution in [0, 0.1) is 5.41 Å². The highest BCUT2D eigenvalue weighted by Gasteiger charge is 2.48. The van der Waals surface area contributed by atoms with Gasteiger partial charge in [0.05, 0.1) is 6.26 Å². The summed E-state index contributed by atoms with van der Waals surface area (Å²) in [6.07, 6.45) is 3.61. The lowest BCUT2D eigenvalue weighted by Gasteiger charge is -2.53. The molecule has 1 spiro atoms. The molecule has 2 aliphatic heterocycles. The molecule has 94 valence electrons. The van der Waals surface area contributed by atoms with E-state index in [4.69, 9.17) is 0 Å². The number of hydrogen-bond acceptors (Lipinski definition) is 3. The second-order valence-electron chi connectivity index (χ2n) is 5.66. The minimum atomic E-state index is -2.95. The van der Waals surface area contributed by atoms with Gasteiger partial charge in [-0.15, -0.1) is 0 Å². The molecular weight excluding hydrogens is 224 g/mol. The summed E-state index contributed by atoms with van der Waals surface area (Å²) in [5, 5.41) is 0. The second kappa shape index (κ2) is 3.96. The predicted molar refractivity (Wildman–Crippen MR) is 64.8 cm³/mol. The molecule has 0 aromatic heterocycles. The van der Waals surface area contributed by atoms with Gasteiger partial charge in [-0.25, -0.2) is 12.7 Å². The zero-order chi connectivity index (χ0) is 12.0. The normalized spacial score (nSPS) is 27.2. The van der Waals surface area contributed by atoms with Crippen LogP contribution in [0.5, 0.6) is 0 Å². The van der Waals surface area contributed by atoms with Gasteiger partial charge in [-0.05, 0) is 39.8 Å². The summed E-state index contributed by atoms with van der Waals surface area (Å²) in [4.78, 5) is 2.48. The average molecular weight is 246 g/mol. The molecule has 2 fully saturated rings. The van der Waals surface area contributed by atoms with Crippen molar-refractivity contribution in [2.75, 3.05) is 32.4 Å². The van der Waals surface area contributed by atoms with Crippen molar-refractivity contribution in [1.29, 1.82) is 0 Å². The number of nitrogens with zero attached hydrogens (tertiary/aromatic N) is 2. The molecule has 0 aromatic carbocycles. The maximum Gasteiger partial charge on any atom is 0.211 e. The van der Waals surface area contributed by atoms with Crippen LogP contribution in [0.15, 0.2) is 0 Å². The summed E-state index contributed by atoms with van der Waals surface area (Å²) >= 11 is 0. The molecule has 4 nitrogen and oxygen atoms in total. The average Bonchev–Trinajstić information content (AvgIpc) is 2.12. The molecule has 0 N–H and O–H groups in total. The summed E-state index contributed by atoms with van der Waals surface area (Å²) in [5.74, 6) is 0. The van der Waals surface area contributed by atoms with E-state index < -0.39 is 10.0 Å². The van der Waals surface area contributed by atoms with E-state index in [-0.39, 0.29) is 0 Å². The van der Waals surface area contributed by atoms with Crippen LogP contribution >= 0.6 is 0 Å². The molecule has 0 atom stereocenters. The first-order valence-corrected chi connectivity index (χ1v) is 7.86. The lowest BCUT2D eigenvalue weighted by Crippen LogP contribution is -2.61. The first-order valence-electron chi connectivity index (χ1n) is 6.02. The second-order valence-corrected chi connectivity index (χ2v) is 7.64. The lowest BCUT2D eigenvalue weighted by atomic mass is 9.73. The quantitative estimate of drug-likeness (QED) is 0.722. The highest BCUT2D eigenvalue weighted by Crippen LogP contribution is 2.41. The molecule has 16 heavy (non-hydrogen) atoms. The minimum absolute atomic E-state index is 0.300. The smallest absolute Gasteiger partial charge is 0.211 e. The van der Waals surface area contributed by atoms with Gasteiger partial charge in [-0.1, -0.05) is 0 Å². The van der Waals surface area contributed by atoms with Crippen molar-refractivity contribution in [3.05, 3.63) is 0 Å². The van der Waals surface area contributed by atoms with Gasteiger partial charge in [-0.3, -0.25) is 0 Å². The molecule has 0 aromatic rings. The van der Waals surface area contributed by atoms with Crippen molar-refractivity contribution >= 4 is 10.0 Å². The van der Waals surface area contributed by atoms with Gasteiger partial charge in [0.2, 0.25) is 10.0 Å². The van der Waals surface area contributed by atoms with Crippen molar-refractivity contribution in [3.63, 3.8) is 0 Å². The van der Waals surface area contributed by atoms with E-state index in [9.17, 15) is 8.42 Å². The molecule has 2 rings (SSSR count). The molecule has 0 bridgehead atoms. The van der Waals surface area contributed by atoms with E-state index >= 15 is 0 Å². The third-order valence-corrected chi connectivity index (χ3v) is 5.28. The van der Waals surface area contributed by atoms with Gasteiger partial charge in [-0.2, -0.15) is 0 Å². The third-order valence-electron chi connectivity index (χ3n) is 4.08. The monoisotopic (exact) mass is 246 g/mol. The maximum atomic E-state index is 11.3. The fourth-order valence-corrected chi connectivity index (χ4v) is 3.78. The van der Waals surface area contributed by atoms with Crippen LogP contribution in [0.25, 0.3) is 0 Å². The molecule has 5 heteroatoms. The zero-order valence-electron chi connectivity index (χ0n) is 10.4. The summed E-state index contributed by atoms with van der Waals surface area (Å²) in [7, 11) is -2.95. The Hall–Kier alpha value is -0.130. The van der Waals surface area contributed by atoms with Crippen molar-refractivity contribution in [3.8, 4) is 0 Å². The Morgan fingerprint density at radius 3 is 2.00 bits per heavy atom. The van der Waals surface area contributed by atoms with Crippen LogP contribution in [-0.2, 0) is 10.0 Å². The van der Waals surface area contributed by atoms with E-state index in [1.807, 2.05) is 0 Å². The number of hydrogen-bond donors (Lipinski definition) is 0. The minimum Gasteiger partial charge on any atom is -0.301 e. The Morgan fingerprint density at radius 1 is 1.12 bits per heavy atom. The van der Waals surface area contributed by atoms with Gasteiger partial charge in [0.1, 0.15) is 0 Å². The predicted octanol–water partition coefficient (Wildman–Crippen LogP) is 0.752. The van der Waals surface area contributed by atoms with Crippen LogP contribution < -0.4 is 0 Å². The third kappa shape index (κ3) is 2.26. The van der Waals surface area contributed by atoms with Gasteiger partial charge in [0, 0.05) is 24.5 Å². The highest BCUT2D eigenvalue weighted by atomic mass is 32.2. The van der Waals surface area contributed by atoms with Crippen molar-refractivity contribution < 1.29 is 8.42 Å². The van der Waals surface area contributed by atoms with Crippen molar-refractivity contribution in [2.45, 2.75) is 32.7 Å². The van der Waals surface area contributed by atoms with Crippen LogP contribution in [0.2, 0.25) is 0 Å². The van der Waals surface area contributed by atoms with E-state index in [1.54, 1.807) is 4.31 Å². The lowest BCUT2D eigenvalue weighted by molar-refractivity contribution is -0.00690. The molecular formula is C11H22N2O2S. The van der Waals surface area contributed by atoms with Crippen molar-refractivity contribution in [1.82, 2.24) is 9.21 Å². The van der Waals surface area contributed by atoms with Gasteiger partial charge >= 0.3 is 0 Å². The SMILES string of the molecule is CC(C)N1CCC2(CC1)CN(S(C)(=O)=O)C2. The van der Waals surface area contributed by atoms with E-state index in [0.29, 0.717) is 11.5 Å². The molecule has 0 amide bonds. The van der Waals surface area contributed by atoms with E-state index in [2.05, 4.69) is 18.7 Å². The molecule has 2 heterocycles. The van der Waals surface area contributed by atoms with Gasteiger partial charge in [0.25, 0.3) is 0 Å². The first kappa shape index (κ1) is 12.3. The summed E-state index contributed by atoms with van der Waals surface area (Å²) in [6.45, 7) is 8.18. The number of piperidine rings is 1. The number of sulfonamides is 1. The van der Waals surface area contributed by atoms with Crippen LogP contribution in [0.3, 0.4) is 0 Å². The van der Waals surface area contributed by atoms with Crippen molar-refractivity contribution in [2.24, 2.45) is 5.41 Å². The maximum absolute atomic E-state index is 11.3. The number of rotatable bonds is 2. The van der Waals surface area contributed by atoms with Gasteiger partial charge < -0.3 is 4.90 Å². The Balaban J connectivity index is 1.88. The summed E-state index contributed by atoms with van der Waals surface area (Å²) < 4.78 is 24.3. The standard InChI is InChI=1S/C11H22N2O2S/c1-10(2)12-6-4-11(5-7-12)8-13(9-11)16(3,14)15/h10H,4-9H2,1-3H3. The first-order chi connectivity index (χ1) is 7.32. The van der Waals surface area contributed by atoms with Gasteiger partial charge in [0.15, 0.2) is 0 Å². The Bertz CT molecular complexity index is 348. The Labute approximate surface area is 98.7 Å². The molecule has 2 aliphatic rings. The Kier molecular flexibility index (Phi) is 3.05. The molecule has 0 unspecified atom stereocenters. The van der Waals surface area contributed by atoms with E-state index in [0.717, 1.165) is 39.0 Å². The topological polar surface area (TPSA) is 40.6 Å². The summed E-state index contributed by atoms with van der Waals surface area (Å²) in [6, 6.07) is 0.614. The van der Waals surface area contributed by atoms with Crippen LogP contribution in [0.1, 0.15) is 26.7 Å². The van der Waals surface area contributed by atoms with Crippen LogP contribution in [0.4, 0.5) is 0 Å². The molecule has 0 aliphatic carbocycles. The fourth-order valence-electron chi connectivity index (χ4n) is 2.77. The van der Waals surface area contributed by atoms with Crippen LogP contribution in [-0.4, -0.2) is 56.1 Å². The highest BCUT2D eigenvalue weighted by molar-refractivity contribution is 7.88. The Morgan fingerprint density at radius 2 is 1.62 bits per heavy atom.